The summed E-state index contributed by atoms with van der Waals surface area (Å²) in [6.45, 7) is 5.76. The molecule has 124 valence electrons. The van der Waals surface area contributed by atoms with Gasteiger partial charge in [0.2, 0.25) is 0 Å². The van der Waals surface area contributed by atoms with Crippen LogP contribution in [0.2, 0.25) is 0 Å². The molecule has 6 heteroatoms. The van der Waals surface area contributed by atoms with E-state index in [0.717, 1.165) is 5.56 Å². The molecule has 0 aliphatic carbocycles. The molecule has 1 amide bonds. The molecule has 1 aromatic rings. The summed E-state index contributed by atoms with van der Waals surface area (Å²) in [5, 5.41) is 25.8. The van der Waals surface area contributed by atoms with E-state index in [1.54, 1.807) is 32.9 Å². The zero-order valence-electron chi connectivity index (χ0n) is 13.6. The van der Waals surface area contributed by atoms with Crippen molar-refractivity contribution in [3.05, 3.63) is 35.4 Å². The standard InChI is InChI=1S/C16H26N2O4/c1-16(2,3)22-15(21)18-10-13(19)14(20)12-8-6-5-7-11(12)9-17-4/h5-8,13-14,17,19-20H,9-10H2,1-4H3,(H,18,21). The lowest BCUT2D eigenvalue weighted by atomic mass is 9.98. The van der Waals surface area contributed by atoms with Gasteiger partial charge >= 0.3 is 6.09 Å². The molecule has 0 spiro atoms. The van der Waals surface area contributed by atoms with Crippen molar-refractivity contribution >= 4 is 6.09 Å². The second-order valence-corrected chi connectivity index (χ2v) is 6.12. The van der Waals surface area contributed by atoms with Crippen LogP contribution in [-0.4, -0.2) is 41.6 Å². The fraction of sp³-hybridized carbons (Fsp3) is 0.562. The quantitative estimate of drug-likeness (QED) is 0.636. The minimum Gasteiger partial charge on any atom is -0.444 e. The molecule has 4 N–H and O–H groups in total. The first-order valence-electron chi connectivity index (χ1n) is 7.30. The Labute approximate surface area is 131 Å². The molecule has 0 saturated heterocycles. The van der Waals surface area contributed by atoms with Crippen LogP contribution in [0.15, 0.2) is 24.3 Å². The average Bonchev–Trinajstić information content (AvgIpc) is 2.43. The summed E-state index contributed by atoms with van der Waals surface area (Å²) in [6.07, 6.45) is -2.83. The number of aliphatic hydroxyl groups excluding tert-OH is 2. The number of nitrogens with one attached hydrogen (secondary N) is 2. The Hall–Kier alpha value is -1.63. The highest BCUT2D eigenvalue weighted by atomic mass is 16.6. The van der Waals surface area contributed by atoms with Crippen LogP contribution in [0.25, 0.3) is 0 Å². The number of amides is 1. The Kier molecular flexibility index (Phi) is 6.80. The number of benzene rings is 1. The number of hydrogen-bond donors (Lipinski definition) is 4. The Balaban J connectivity index is 2.62. The van der Waals surface area contributed by atoms with Crippen LogP contribution < -0.4 is 10.6 Å². The second-order valence-electron chi connectivity index (χ2n) is 6.12. The second kappa shape index (κ2) is 8.12. The van der Waals surface area contributed by atoms with E-state index in [1.165, 1.54) is 0 Å². The number of ether oxygens (including phenoxy) is 1. The molecule has 6 nitrogen and oxygen atoms in total. The molecule has 0 radical (unpaired) electrons. The maximum atomic E-state index is 11.6. The number of rotatable bonds is 6. The monoisotopic (exact) mass is 310 g/mol. The van der Waals surface area contributed by atoms with Crippen molar-refractivity contribution < 1.29 is 19.7 Å². The molecule has 1 rings (SSSR count). The molecule has 2 atom stereocenters. The van der Waals surface area contributed by atoms with Crippen molar-refractivity contribution in [2.45, 2.75) is 45.1 Å². The Morgan fingerprint density at radius 1 is 1.27 bits per heavy atom. The lowest BCUT2D eigenvalue weighted by molar-refractivity contribution is 0.0125. The number of alkyl carbamates (subject to hydrolysis) is 1. The van der Waals surface area contributed by atoms with Gasteiger partial charge in [0.05, 0.1) is 0 Å². The zero-order chi connectivity index (χ0) is 16.8. The van der Waals surface area contributed by atoms with Gasteiger partial charge < -0.3 is 25.6 Å². The molecule has 0 saturated carbocycles. The molecular weight excluding hydrogens is 284 g/mol. The zero-order valence-corrected chi connectivity index (χ0v) is 13.6. The molecule has 0 aromatic heterocycles. The molecular formula is C16H26N2O4. The number of hydrogen-bond acceptors (Lipinski definition) is 5. The number of carbonyl (C=O) groups excluding carboxylic acids is 1. The van der Waals surface area contributed by atoms with Crippen LogP contribution >= 0.6 is 0 Å². The van der Waals surface area contributed by atoms with Gasteiger partial charge in [-0.05, 0) is 38.9 Å². The van der Waals surface area contributed by atoms with E-state index in [2.05, 4.69) is 10.6 Å². The SMILES string of the molecule is CNCc1ccccc1C(O)C(O)CNC(=O)OC(C)(C)C. The van der Waals surface area contributed by atoms with Gasteiger partial charge in [0.25, 0.3) is 0 Å². The van der Waals surface area contributed by atoms with E-state index < -0.39 is 23.9 Å². The van der Waals surface area contributed by atoms with Crippen molar-refractivity contribution in [3.63, 3.8) is 0 Å². The first-order chi connectivity index (χ1) is 10.2. The van der Waals surface area contributed by atoms with E-state index in [-0.39, 0.29) is 6.54 Å². The first-order valence-corrected chi connectivity index (χ1v) is 7.30. The summed E-state index contributed by atoms with van der Waals surface area (Å²) in [4.78, 5) is 11.6. The first kappa shape index (κ1) is 18.4. The minimum absolute atomic E-state index is 0.0933. The molecule has 0 fully saturated rings. The van der Waals surface area contributed by atoms with Gasteiger partial charge in [0, 0.05) is 13.1 Å². The summed E-state index contributed by atoms with van der Waals surface area (Å²) >= 11 is 0. The van der Waals surface area contributed by atoms with Crippen LogP contribution in [0.1, 0.15) is 38.0 Å². The number of carbonyl (C=O) groups is 1. The molecule has 2 unspecified atom stereocenters. The normalized spacial score (nSPS) is 14.3. The van der Waals surface area contributed by atoms with Crippen LogP contribution in [0.4, 0.5) is 4.79 Å². The maximum Gasteiger partial charge on any atom is 0.407 e. The van der Waals surface area contributed by atoms with Gasteiger partial charge in [-0.2, -0.15) is 0 Å². The smallest absolute Gasteiger partial charge is 0.407 e. The lowest BCUT2D eigenvalue weighted by Gasteiger charge is -2.23. The van der Waals surface area contributed by atoms with Crippen LogP contribution in [0.5, 0.6) is 0 Å². The fourth-order valence-corrected chi connectivity index (χ4v) is 2.00. The largest absolute Gasteiger partial charge is 0.444 e. The summed E-state index contributed by atoms with van der Waals surface area (Å²) < 4.78 is 5.08. The lowest BCUT2D eigenvalue weighted by Crippen LogP contribution is -2.39. The summed E-state index contributed by atoms with van der Waals surface area (Å²) in [7, 11) is 1.81. The Morgan fingerprint density at radius 2 is 1.91 bits per heavy atom. The Morgan fingerprint density at radius 3 is 2.50 bits per heavy atom. The number of aliphatic hydroxyl groups is 2. The van der Waals surface area contributed by atoms with Gasteiger partial charge in [-0.25, -0.2) is 4.79 Å². The highest BCUT2D eigenvalue weighted by Crippen LogP contribution is 2.21. The van der Waals surface area contributed by atoms with Gasteiger partial charge in [-0.15, -0.1) is 0 Å². The predicted molar refractivity (Wildman–Crippen MR) is 84.4 cm³/mol. The van der Waals surface area contributed by atoms with Crippen LogP contribution in [-0.2, 0) is 11.3 Å². The summed E-state index contributed by atoms with van der Waals surface area (Å²) in [5.74, 6) is 0. The Bertz CT molecular complexity index is 485. The molecule has 0 bridgehead atoms. The third kappa shape index (κ3) is 6.01. The predicted octanol–water partition coefficient (Wildman–Crippen LogP) is 1.32. The van der Waals surface area contributed by atoms with Gasteiger partial charge in [0.15, 0.2) is 0 Å². The maximum absolute atomic E-state index is 11.6. The molecule has 0 aliphatic rings. The summed E-state index contributed by atoms with van der Waals surface area (Å²) in [5.41, 5.74) is 0.928. The van der Waals surface area contributed by atoms with Crippen molar-refractivity contribution in [2.24, 2.45) is 0 Å². The van der Waals surface area contributed by atoms with E-state index in [4.69, 9.17) is 4.74 Å². The van der Waals surface area contributed by atoms with Crippen LogP contribution in [0, 0.1) is 0 Å². The topological polar surface area (TPSA) is 90.8 Å². The van der Waals surface area contributed by atoms with Gasteiger partial charge in [0.1, 0.15) is 17.8 Å². The van der Waals surface area contributed by atoms with Crippen molar-refractivity contribution in [1.82, 2.24) is 10.6 Å². The van der Waals surface area contributed by atoms with E-state index in [1.807, 2.05) is 19.2 Å². The third-order valence-electron chi connectivity index (χ3n) is 2.96. The molecule has 22 heavy (non-hydrogen) atoms. The van der Waals surface area contributed by atoms with Gasteiger partial charge in [-0.1, -0.05) is 24.3 Å². The summed E-state index contributed by atoms with van der Waals surface area (Å²) in [6, 6.07) is 7.30. The van der Waals surface area contributed by atoms with Gasteiger partial charge in [-0.3, -0.25) is 0 Å². The fourth-order valence-electron chi connectivity index (χ4n) is 2.00. The van der Waals surface area contributed by atoms with Crippen LogP contribution in [0.3, 0.4) is 0 Å². The van der Waals surface area contributed by atoms with E-state index >= 15 is 0 Å². The highest BCUT2D eigenvalue weighted by Gasteiger charge is 2.22. The van der Waals surface area contributed by atoms with Crippen molar-refractivity contribution in [3.8, 4) is 0 Å². The van der Waals surface area contributed by atoms with Crippen molar-refractivity contribution in [2.75, 3.05) is 13.6 Å². The van der Waals surface area contributed by atoms with E-state index in [9.17, 15) is 15.0 Å². The molecule has 0 aliphatic heterocycles. The molecule has 0 heterocycles. The van der Waals surface area contributed by atoms with E-state index in [0.29, 0.717) is 12.1 Å². The third-order valence-corrected chi connectivity index (χ3v) is 2.96. The van der Waals surface area contributed by atoms with Crippen molar-refractivity contribution in [1.29, 1.82) is 0 Å². The highest BCUT2D eigenvalue weighted by molar-refractivity contribution is 5.67. The average molecular weight is 310 g/mol. The minimum atomic E-state index is -1.12. The molecule has 1 aromatic carbocycles.